The monoisotopic (exact) mass is 426 g/mol. The highest BCUT2D eigenvalue weighted by Crippen LogP contribution is 2.29. The highest BCUT2D eigenvalue weighted by Gasteiger charge is 2.13. The topological polar surface area (TPSA) is 78.3 Å². The van der Waals surface area contributed by atoms with E-state index in [-0.39, 0.29) is 18.3 Å². The van der Waals surface area contributed by atoms with Crippen molar-refractivity contribution in [1.29, 1.82) is 0 Å². The fourth-order valence-corrected chi connectivity index (χ4v) is 3.48. The van der Waals surface area contributed by atoms with E-state index in [9.17, 15) is 4.79 Å². The first-order valence-electron chi connectivity index (χ1n) is 9.74. The molecule has 8 heteroatoms. The summed E-state index contributed by atoms with van der Waals surface area (Å²) in [6.07, 6.45) is 0. The molecule has 1 heterocycles. The van der Waals surface area contributed by atoms with Gasteiger partial charge in [0.1, 0.15) is 6.61 Å². The lowest BCUT2D eigenvalue weighted by atomic mass is 10.2. The van der Waals surface area contributed by atoms with E-state index < -0.39 is 0 Å². The molecule has 0 bridgehead atoms. The Kier molecular flexibility index (Phi) is 7.73. The van der Waals surface area contributed by atoms with Crippen molar-refractivity contribution in [3.05, 3.63) is 65.5 Å². The number of nitrogens with zero attached hydrogens (tertiary/aromatic N) is 3. The lowest BCUT2D eigenvalue weighted by Crippen LogP contribution is -2.24. The van der Waals surface area contributed by atoms with Crippen molar-refractivity contribution in [1.82, 2.24) is 20.1 Å². The summed E-state index contributed by atoms with van der Waals surface area (Å²) in [6.45, 7) is 5.28. The zero-order chi connectivity index (χ0) is 21.3. The van der Waals surface area contributed by atoms with Gasteiger partial charge in [0.15, 0.2) is 22.5 Å². The standard InChI is InChI=1S/C22H26N4O3S/c1-4-28-19-12-16(2)10-11-18(19)29-14-20-24-25-22(26(20)3)30-15-21(27)23-13-17-8-6-5-7-9-17/h5-12H,4,13-15H2,1-3H3,(H,23,27). The Morgan fingerprint density at radius 1 is 1.10 bits per heavy atom. The molecular weight excluding hydrogens is 400 g/mol. The highest BCUT2D eigenvalue weighted by molar-refractivity contribution is 7.99. The minimum absolute atomic E-state index is 0.0503. The smallest absolute Gasteiger partial charge is 0.230 e. The normalized spacial score (nSPS) is 10.6. The molecule has 3 aromatic rings. The molecule has 0 unspecified atom stereocenters. The first-order valence-corrected chi connectivity index (χ1v) is 10.7. The summed E-state index contributed by atoms with van der Waals surface area (Å²) >= 11 is 1.34. The largest absolute Gasteiger partial charge is 0.490 e. The lowest BCUT2D eigenvalue weighted by Gasteiger charge is -2.12. The van der Waals surface area contributed by atoms with Crippen LogP contribution in [0.15, 0.2) is 53.7 Å². The molecule has 0 fully saturated rings. The van der Waals surface area contributed by atoms with Crippen molar-refractivity contribution in [2.24, 2.45) is 7.05 Å². The molecular formula is C22H26N4O3S. The summed E-state index contributed by atoms with van der Waals surface area (Å²) in [5, 5.41) is 11.9. The number of hydrogen-bond donors (Lipinski definition) is 1. The van der Waals surface area contributed by atoms with E-state index in [2.05, 4.69) is 15.5 Å². The van der Waals surface area contributed by atoms with Gasteiger partial charge in [-0.25, -0.2) is 0 Å². The van der Waals surface area contributed by atoms with Crippen molar-refractivity contribution in [3.8, 4) is 11.5 Å². The molecule has 2 aromatic carbocycles. The quantitative estimate of drug-likeness (QED) is 0.500. The first-order chi connectivity index (χ1) is 14.6. The Balaban J connectivity index is 1.51. The number of nitrogens with one attached hydrogen (secondary N) is 1. The molecule has 0 saturated carbocycles. The molecule has 0 atom stereocenters. The lowest BCUT2D eigenvalue weighted by molar-refractivity contribution is -0.118. The minimum atomic E-state index is -0.0503. The Hall–Kier alpha value is -3.00. The molecule has 0 radical (unpaired) electrons. The Morgan fingerprint density at radius 3 is 2.67 bits per heavy atom. The van der Waals surface area contributed by atoms with E-state index in [4.69, 9.17) is 9.47 Å². The summed E-state index contributed by atoms with van der Waals surface area (Å²) in [5.41, 5.74) is 2.17. The molecule has 0 spiro atoms. The zero-order valence-corrected chi connectivity index (χ0v) is 18.2. The van der Waals surface area contributed by atoms with Crippen molar-refractivity contribution < 1.29 is 14.3 Å². The average Bonchev–Trinajstić information content (AvgIpc) is 3.10. The molecule has 0 aliphatic heterocycles. The summed E-state index contributed by atoms with van der Waals surface area (Å²) in [5.74, 6) is 2.27. The van der Waals surface area contributed by atoms with E-state index >= 15 is 0 Å². The molecule has 3 rings (SSSR count). The SMILES string of the molecule is CCOc1cc(C)ccc1OCc1nnc(SCC(=O)NCc2ccccc2)n1C. The van der Waals surface area contributed by atoms with Crippen LogP contribution in [0.5, 0.6) is 11.5 Å². The van der Waals surface area contributed by atoms with Gasteiger partial charge in [0.25, 0.3) is 0 Å². The van der Waals surface area contributed by atoms with Gasteiger partial charge in [-0.15, -0.1) is 10.2 Å². The number of hydrogen-bond acceptors (Lipinski definition) is 6. The Morgan fingerprint density at radius 2 is 1.90 bits per heavy atom. The van der Waals surface area contributed by atoms with Gasteiger partial charge in [0, 0.05) is 13.6 Å². The van der Waals surface area contributed by atoms with Crippen LogP contribution in [0.4, 0.5) is 0 Å². The fourth-order valence-electron chi connectivity index (χ4n) is 2.72. The van der Waals surface area contributed by atoms with Crippen LogP contribution in [-0.2, 0) is 25.0 Å². The van der Waals surface area contributed by atoms with Crippen LogP contribution in [0.25, 0.3) is 0 Å². The van der Waals surface area contributed by atoms with Gasteiger partial charge in [0.2, 0.25) is 5.91 Å². The average molecular weight is 427 g/mol. The van der Waals surface area contributed by atoms with Crippen molar-refractivity contribution in [2.75, 3.05) is 12.4 Å². The van der Waals surface area contributed by atoms with Crippen molar-refractivity contribution in [3.63, 3.8) is 0 Å². The van der Waals surface area contributed by atoms with Crippen LogP contribution in [0.3, 0.4) is 0 Å². The number of thioether (sulfide) groups is 1. The van der Waals surface area contributed by atoms with Gasteiger partial charge >= 0.3 is 0 Å². The van der Waals surface area contributed by atoms with Crippen molar-refractivity contribution in [2.45, 2.75) is 32.2 Å². The van der Waals surface area contributed by atoms with E-state index in [1.54, 1.807) is 0 Å². The summed E-state index contributed by atoms with van der Waals surface area (Å²) in [6, 6.07) is 15.6. The van der Waals surface area contributed by atoms with E-state index in [1.165, 1.54) is 11.8 Å². The molecule has 0 saturated heterocycles. The van der Waals surface area contributed by atoms with Crippen LogP contribution >= 0.6 is 11.8 Å². The molecule has 158 valence electrons. The Bertz CT molecular complexity index is 976. The summed E-state index contributed by atoms with van der Waals surface area (Å²) < 4.78 is 13.4. The summed E-state index contributed by atoms with van der Waals surface area (Å²) in [7, 11) is 1.86. The van der Waals surface area contributed by atoms with Gasteiger partial charge in [0.05, 0.1) is 12.4 Å². The maximum Gasteiger partial charge on any atom is 0.230 e. The molecule has 1 N–H and O–H groups in total. The van der Waals surface area contributed by atoms with Crippen LogP contribution < -0.4 is 14.8 Å². The molecule has 1 amide bonds. The van der Waals surface area contributed by atoms with Gasteiger partial charge < -0.3 is 19.4 Å². The molecule has 30 heavy (non-hydrogen) atoms. The summed E-state index contributed by atoms with van der Waals surface area (Å²) in [4.78, 5) is 12.1. The predicted molar refractivity (Wildman–Crippen MR) is 117 cm³/mol. The maximum atomic E-state index is 12.1. The number of aromatic nitrogens is 3. The molecule has 0 aliphatic carbocycles. The first kappa shape index (κ1) is 21.7. The third-order valence-corrected chi connectivity index (χ3v) is 5.37. The number of rotatable bonds is 10. The van der Waals surface area contributed by atoms with Crippen LogP contribution in [0, 0.1) is 6.92 Å². The molecule has 1 aromatic heterocycles. The third-order valence-electron chi connectivity index (χ3n) is 4.35. The number of benzene rings is 2. The van der Waals surface area contributed by atoms with Gasteiger partial charge in [-0.1, -0.05) is 48.2 Å². The second-order valence-corrected chi connectivity index (χ2v) is 7.62. The number of carbonyl (C=O) groups excluding carboxylic acids is 1. The van der Waals surface area contributed by atoms with E-state index in [1.807, 2.05) is 74.0 Å². The minimum Gasteiger partial charge on any atom is -0.490 e. The number of carbonyl (C=O) groups is 1. The Labute approximate surface area is 180 Å². The second-order valence-electron chi connectivity index (χ2n) is 6.68. The van der Waals surface area contributed by atoms with Gasteiger partial charge in [-0.2, -0.15) is 0 Å². The van der Waals surface area contributed by atoms with Crippen LogP contribution in [-0.4, -0.2) is 33.0 Å². The van der Waals surface area contributed by atoms with Gasteiger partial charge in [-0.05, 0) is 37.1 Å². The number of amides is 1. The predicted octanol–water partition coefficient (Wildman–Crippen LogP) is 3.51. The van der Waals surface area contributed by atoms with E-state index in [0.29, 0.717) is 35.6 Å². The number of aryl methyl sites for hydroxylation is 1. The van der Waals surface area contributed by atoms with Gasteiger partial charge in [-0.3, -0.25) is 4.79 Å². The number of ether oxygens (including phenoxy) is 2. The second kappa shape index (κ2) is 10.7. The third kappa shape index (κ3) is 6.00. The fraction of sp³-hybridized carbons (Fsp3) is 0.318. The van der Waals surface area contributed by atoms with E-state index in [0.717, 1.165) is 11.1 Å². The zero-order valence-electron chi connectivity index (χ0n) is 17.4. The molecule has 0 aliphatic rings. The van der Waals surface area contributed by atoms with Crippen molar-refractivity contribution >= 4 is 17.7 Å². The highest BCUT2D eigenvalue weighted by atomic mass is 32.2. The maximum absolute atomic E-state index is 12.1. The van der Waals surface area contributed by atoms with Crippen LogP contribution in [0.2, 0.25) is 0 Å². The van der Waals surface area contributed by atoms with Crippen LogP contribution in [0.1, 0.15) is 23.9 Å². The molecule has 7 nitrogen and oxygen atoms in total.